The van der Waals surface area contributed by atoms with Gasteiger partial charge in [-0.15, -0.1) is 0 Å². The van der Waals surface area contributed by atoms with E-state index < -0.39 is 83.7 Å². The van der Waals surface area contributed by atoms with Crippen LogP contribution in [0.25, 0.3) is 27.6 Å². The number of benzene rings is 2. The molecule has 0 radical (unpaired) electrons. The lowest BCUT2D eigenvalue weighted by Gasteiger charge is -2.42. The molecule has 2 saturated heterocycles. The van der Waals surface area contributed by atoms with Crippen LogP contribution in [0, 0.1) is 23.2 Å². The SMILES string of the molecule is C=CC(=O)N1C[C@@H](C(=O)N(C)[C@H](C(=O)N[C@H]2Cc3cccc(c3)-c3ccc4c(c3)c(c(/C(C=C)=C(/N=C\C)[C@H](C)OC)n4CC)CC(C)(C)COC[C@@]3(C=O)CCCN(N3)C2=O)C(C)C)[C@@H](C(F)(F)F)C1. The molecule has 2 N–H and O–H groups in total. The van der Waals surface area contributed by atoms with Crippen molar-refractivity contribution in [2.45, 2.75) is 111 Å². The fourth-order valence-corrected chi connectivity index (χ4v) is 10.5. The molecular weight excluding hydrogens is 916 g/mol. The van der Waals surface area contributed by atoms with Gasteiger partial charge in [0, 0.05) is 69.4 Å². The second kappa shape index (κ2) is 22.2. The number of halogens is 3. The number of rotatable bonds is 13. The Hall–Kier alpha value is -5.91. The summed E-state index contributed by atoms with van der Waals surface area (Å²) in [5.41, 5.74) is 8.38. The van der Waals surface area contributed by atoms with Crippen LogP contribution in [0.1, 0.15) is 78.1 Å². The van der Waals surface area contributed by atoms with E-state index in [9.17, 15) is 37.1 Å². The smallest absolute Gasteiger partial charge is 0.378 e. The number of aldehydes is 1. The Bertz CT molecular complexity index is 2580. The highest BCUT2D eigenvalue weighted by Crippen LogP contribution is 2.41. The van der Waals surface area contributed by atoms with E-state index in [4.69, 9.17) is 14.5 Å². The Balaban J connectivity index is 1.46. The van der Waals surface area contributed by atoms with Crippen molar-refractivity contribution in [2.75, 3.05) is 47.0 Å². The second-order valence-electron chi connectivity index (χ2n) is 20.2. The number of hydrazine groups is 1. The Kier molecular flexibility index (Phi) is 17.1. The van der Waals surface area contributed by atoms with Crippen LogP contribution in [-0.4, -0.2) is 132 Å². The minimum Gasteiger partial charge on any atom is -0.378 e. The number of allylic oxidation sites excluding steroid dienone is 2. The number of hydrogen-bond donors (Lipinski definition) is 2. The molecule has 17 heteroatoms. The molecule has 384 valence electrons. The summed E-state index contributed by atoms with van der Waals surface area (Å²) < 4.78 is 57.8. The molecule has 0 saturated carbocycles. The summed E-state index contributed by atoms with van der Waals surface area (Å²) in [6.07, 6.45) is 1.41. The lowest BCUT2D eigenvalue weighted by atomic mass is 9.83. The summed E-state index contributed by atoms with van der Waals surface area (Å²) in [6.45, 7) is 20.9. The second-order valence-corrected chi connectivity index (χ2v) is 20.2. The molecule has 6 atom stereocenters. The first-order chi connectivity index (χ1) is 33.6. The number of nitrogens with one attached hydrogen (secondary N) is 2. The molecule has 14 nitrogen and oxygen atoms in total. The van der Waals surface area contributed by atoms with Gasteiger partial charge in [0.05, 0.1) is 42.5 Å². The average Bonchev–Trinajstić information content (AvgIpc) is 3.92. The summed E-state index contributed by atoms with van der Waals surface area (Å²) in [6, 6.07) is 11.4. The number of alkyl halides is 3. The molecule has 3 aromatic rings. The van der Waals surface area contributed by atoms with Gasteiger partial charge < -0.3 is 34.0 Å². The van der Waals surface area contributed by atoms with Crippen molar-refractivity contribution < 1.29 is 46.6 Å². The van der Waals surface area contributed by atoms with E-state index in [1.165, 1.54) is 12.1 Å². The Labute approximate surface area is 415 Å². The van der Waals surface area contributed by atoms with Crippen LogP contribution in [0.3, 0.4) is 0 Å². The molecule has 2 fully saturated rings. The number of ether oxygens (including phenoxy) is 2. The summed E-state index contributed by atoms with van der Waals surface area (Å²) in [4.78, 5) is 75.9. The zero-order chi connectivity index (χ0) is 52.2. The van der Waals surface area contributed by atoms with Crippen LogP contribution in [0.5, 0.6) is 0 Å². The van der Waals surface area contributed by atoms with Crippen molar-refractivity contribution >= 4 is 52.6 Å². The molecule has 0 spiro atoms. The number of carbonyl (C=O) groups is 5. The van der Waals surface area contributed by atoms with Crippen molar-refractivity contribution in [3.8, 4) is 11.1 Å². The summed E-state index contributed by atoms with van der Waals surface area (Å²) in [5.74, 6) is -7.46. The number of likely N-dealkylation sites (N-methyl/N-ethyl adjacent to an activating group) is 1. The number of aliphatic imine (C=N–C) groups is 1. The number of aromatic nitrogens is 1. The third kappa shape index (κ3) is 11.6. The van der Waals surface area contributed by atoms with Crippen molar-refractivity contribution in [2.24, 2.45) is 28.2 Å². The minimum absolute atomic E-state index is 0.0228. The van der Waals surface area contributed by atoms with Crippen molar-refractivity contribution in [3.63, 3.8) is 0 Å². The van der Waals surface area contributed by atoms with Gasteiger partial charge in [0.25, 0.3) is 5.91 Å². The van der Waals surface area contributed by atoms with E-state index in [0.717, 1.165) is 66.7 Å². The molecule has 0 unspecified atom stereocenters. The molecule has 4 heterocycles. The van der Waals surface area contributed by atoms with Crippen LogP contribution in [0.15, 0.2) is 78.5 Å². The molecule has 0 aliphatic carbocycles. The summed E-state index contributed by atoms with van der Waals surface area (Å²) in [5, 5.41) is 5.24. The molecule has 71 heavy (non-hydrogen) atoms. The maximum Gasteiger partial charge on any atom is 0.394 e. The monoisotopic (exact) mass is 986 g/mol. The molecular formula is C54H70F3N7O7. The Morgan fingerprint density at radius 2 is 1.79 bits per heavy atom. The molecule has 4 amide bonds. The van der Waals surface area contributed by atoms with Crippen LogP contribution in [0.2, 0.25) is 0 Å². The predicted molar refractivity (Wildman–Crippen MR) is 269 cm³/mol. The van der Waals surface area contributed by atoms with E-state index in [1.54, 1.807) is 27.2 Å². The Morgan fingerprint density at radius 3 is 2.41 bits per heavy atom. The zero-order valence-corrected chi connectivity index (χ0v) is 42.5. The van der Waals surface area contributed by atoms with Gasteiger partial charge >= 0.3 is 6.18 Å². The lowest BCUT2D eigenvalue weighted by Crippen LogP contribution is -2.66. The van der Waals surface area contributed by atoms with Gasteiger partial charge in [0.15, 0.2) is 0 Å². The van der Waals surface area contributed by atoms with E-state index >= 15 is 0 Å². The Morgan fingerprint density at radius 1 is 1.07 bits per heavy atom. The largest absolute Gasteiger partial charge is 0.394 e. The van der Waals surface area contributed by atoms with Crippen LogP contribution < -0.4 is 10.7 Å². The maximum absolute atomic E-state index is 14.9. The van der Waals surface area contributed by atoms with Gasteiger partial charge in [0.2, 0.25) is 17.7 Å². The first kappa shape index (κ1) is 54.4. The summed E-state index contributed by atoms with van der Waals surface area (Å²) >= 11 is 0. The quantitative estimate of drug-likeness (QED) is 0.0781. The van der Waals surface area contributed by atoms with Gasteiger partial charge in [-0.05, 0) is 91.8 Å². The van der Waals surface area contributed by atoms with Gasteiger partial charge in [-0.25, -0.2) is 5.43 Å². The molecule has 3 aliphatic rings. The van der Waals surface area contributed by atoms with Crippen molar-refractivity contribution in [1.82, 2.24) is 30.1 Å². The first-order valence-corrected chi connectivity index (χ1v) is 24.4. The third-order valence-corrected chi connectivity index (χ3v) is 14.1. The zero-order valence-electron chi connectivity index (χ0n) is 42.5. The van der Waals surface area contributed by atoms with Crippen molar-refractivity contribution in [3.05, 3.63) is 90.3 Å². The number of aryl methyl sites for hydroxylation is 1. The highest BCUT2D eigenvalue weighted by Gasteiger charge is 2.54. The first-order valence-electron chi connectivity index (χ1n) is 24.4. The standard InChI is InChI=1S/C54H70F3N7O7/c1-12-38(46(58-14-3)34(7)70-11)48-40-27-52(8,9)31-71-32-53(30-65)22-17-23-64(60-53)51(69)43(25-35-18-16-19-36(24-35)37-20-21-44(39(40)26-37)63(48)15-4)59-49(67)47(33(5)6)61(10)50(68)41-28-62(45(66)13-2)29-42(41)54(55,56)57/h12-14,16,18-21,24,26,30,33-34,41-43,47,60H,1-2,15,17,22-23,25,27-29,31-32H2,3-11H3,(H,59,67)/b46-38+,58-14-/t34-,41+,42-,43-,47-,53-/m0/s1. The number of likely N-dealkylation sites (tertiary alicyclic amines) is 1. The molecule has 6 bridgehead atoms. The number of fused-ring (bicyclic) bond motifs is 6. The summed E-state index contributed by atoms with van der Waals surface area (Å²) in [7, 11) is 2.92. The number of nitrogens with zero attached hydrogens (tertiary/aromatic N) is 5. The maximum atomic E-state index is 14.9. The predicted octanol–water partition coefficient (Wildman–Crippen LogP) is 7.35. The van der Waals surface area contributed by atoms with E-state index in [1.807, 2.05) is 44.2 Å². The lowest BCUT2D eigenvalue weighted by molar-refractivity contribution is -0.186. The normalized spacial score (nSPS) is 23.2. The van der Waals surface area contributed by atoms with Crippen LogP contribution in [-0.2, 0) is 52.8 Å². The van der Waals surface area contributed by atoms with Gasteiger partial charge in [0.1, 0.15) is 23.9 Å². The van der Waals surface area contributed by atoms with E-state index in [2.05, 4.69) is 67.4 Å². The highest BCUT2D eigenvalue weighted by atomic mass is 19.4. The molecule has 6 rings (SSSR count). The number of amides is 4. The average molecular weight is 986 g/mol. The fourth-order valence-electron chi connectivity index (χ4n) is 10.5. The van der Waals surface area contributed by atoms with Crippen LogP contribution >= 0.6 is 0 Å². The van der Waals surface area contributed by atoms with Gasteiger partial charge in [-0.2, -0.15) is 13.2 Å². The number of carbonyl (C=O) groups excluding carboxylic acids is 5. The van der Waals surface area contributed by atoms with E-state index in [0.29, 0.717) is 31.4 Å². The molecule has 1 aromatic heterocycles. The van der Waals surface area contributed by atoms with Gasteiger partial charge in [-0.1, -0.05) is 77.3 Å². The topological polar surface area (TPSA) is 155 Å². The minimum atomic E-state index is -4.81. The highest BCUT2D eigenvalue weighted by molar-refractivity contribution is 5.96. The number of hydrogen-bond acceptors (Lipinski definition) is 9. The number of methoxy groups -OCH3 is 1. The van der Waals surface area contributed by atoms with Gasteiger partial charge in [-0.3, -0.25) is 29.2 Å². The fraction of sp³-hybridized carbons (Fsp3) is 0.519. The van der Waals surface area contributed by atoms with Crippen LogP contribution in [0.4, 0.5) is 13.2 Å². The third-order valence-electron chi connectivity index (χ3n) is 14.1. The van der Waals surface area contributed by atoms with E-state index in [-0.39, 0.29) is 32.3 Å². The van der Waals surface area contributed by atoms with Crippen molar-refractivity contribution in [1.29, 1.82) is 0 Å². The molecule has 2 aromatic carbocycles. The molecule has 3 aliphatic heterocycles.